The van der Waals surface area contributed by atoms with Crippen LogP contribution in [0.15, 0.2) is 18.2 Å². The van der Waals surface area contributed by atoms with Gasteiger partial charge in [0, 0.05) is 18.8 Å². The first kappa shape index (κ1) is 14.4. The molecule has 19 heavy (non-hydrogen) atoms. The maximum Gasteiger partial charge on any atom is 0.0317 e. The predicted octanol–water partition coefficient (Wildman–Crippen LogP) is 4.19. The number of anilines is 1. The normalized spacial score (nSPS) is 15.1. The Morgan fingerprint density at radius 2 is 1.79 bits per heavy atom. The molecule has 0 aromatic heterocycles. The summed E-state index contributed by atoms with van der Waals surface area (Å²) in [5.74, 6) is 0.860. The van der Waals surface area contributed by atoms with Gasteiger partial charge in [-0.2, -0.15) is 0 Å². The van der Waals surface area contributed by atoms with Crippen LogP contribution in [0.3, 0.4) is 0 Å². The second-order valence-corrected chi connectivity index (χ2v) is 6.34. The minimum Gasteiger partial charge on any atom is -0.399 e. The lowest BCUT2D eigenvalue weighted by Crippen LogP contribution is -2.17. The van der Waals surface area contributed by atoms with Crippen molar-refractivity contribution in [2.45, 2.75) is 59.0 Å². The van der Waals surface area contributed by atoms with E-state index in [0.717, 1.165) is 24.7 Å². The van der Waals surface area contributed by atoms with Crippen LogP contribution in [0.4, 0.5) is 5.69 Å². The molecule has 1 aliphatic rings. The second kappa shape index (κ2) is 6.95. The molecule has 1 heterocycles. The molecular formula is C17H28N2. The Bertz CT molecular complexity index is 398. The lowest BCUT2D eigenvalue weighted by molar-refractivity contribution is 0.276. The van der Waals surface area contributed by atoms with E-state index in [0.29, 0.717) is 0 Å². The summed E-state index contributed by atoms with van der Waals surface area (Å²) >= 11 is 0. The lowest BCUT2D eigenvalue weighted by Gasteiger charge is -2.14. The van der Waals surface area contributed by atoms with E-state index in [-0.39, 0.29) is 0 Å². The van der Waals surface area contributed by atoms with Gasteiger partial charge in [0.2, 0.25) is 0 Å². The van der Waals surface area contributed by atoms with Crippen molar-refractivity contribution in [1.29, 1.82) is 0 Å². The Labute approximate surface area is 118 Å². The third-order valence-corrected chi connectivity index (χ3v) is 4.02. The van der Waals surface area contributed by atoms with Crippen LogP contribution in [0, 0.1) is 5.92 Å². The standard InChI is InChI=1S/C17H28N2/c1-14(2)7-5-3-4-6-10-19-12-15-8-9-17(18)11-16(15)13-19/h8-9,11,14H,3-7,10,12-13,18H2,1-2H3. The number of rotatable bonds is 7. The summed E-state index contributed by atoms with van der Waals surface area (Å²) in [6.45, 7) is 8.06. The fourth-order valence-corrected chi connectivity index (χ4v) is 2.88. The number of hydrogen-bond acceptors (Lipinski definition) is 2. The van der Waals surface area contributed by atoms with E-state index in [2.05, 4.69) is 30.9 Å². The van der Waals surface area contributed by atoms with E-state index in [1.165, 1.54) is 49.8 Å². The molecule has 0 bridgehead atoms. The first-order valence-corrected chi connectivity index (χ1v) is 7.75. The summed E-state index contributed by atoms with van der Waals surface area (Å²) in [5.41, 5.74) is 9.63. The van der Waals surface area contributed by atoms with Crippen molar-refractivity contribution < 1.29 is 0 Å². The molecule has 106 valence electrons. The van der Waals surface area contributed by atoms with Crippen LogP contribution in [0.1, 0.15) is 57.1 Å². The Morgan fingerprint density at radius 3 is 2.58 bits per heavy atom. The van der Waals surface area contributed by atoms with Crippen molar-refractivity contribution >= 4 is 5.69 Å². The molecule has 0 spiro atoms. The van der Waals surface area contributed by atoms with E-state index in [9.17, 15) is 0 Å². The van der Waals surface area contributed by atoms with E-state index in [1.807, 2.05) is 6.07 Å². The number of fused-ring (bicyclic) bond motifs is 1. The van der Waals surface area contributed by atoms with Gasteiger partial charge in [-0.3, -0.25) is 4.90 Å². The van der Waals surface area contributed by atoms with E-state index in [1.54, 1.807) is 0 Å². The third-order valence-electron chi connectivity index (χ3n) is 4.02. The van der Waals surface area contributed by atoms with E-state index in [4.69, 9.17) is 5.73 Å². The number of benzene rings is 1. The molecule has 1 aliphatic heterocycles. The highest BCUT2D eigenvalue weighted by atomic mass is 15.1. The van der Waals surface area contributed by atoms with Crippen molar-refractivity contribution in [2.75, 3.05) is 12.3 Å². The Hall–Kier alpha value is -1.02. The maximum atomic E-state index is 5.84. The van der Waals surface area contributed by atoms with Crippen molar-refractivity contribution in [3.8, 4) is 0 Å². The average molecular weight is 260 g/mol. The molecule has 0 saturated heterocycles. The molecule has 2 nitrogen and oxygen atoms in total. The van der Waals surface area contributed by atoms with Gasteiger partial charge in [-0.1, -0.05) is 45.6 Å². The highest BCUT2D eigenvalue weighted by Crippen LogP contribution is 2.25. The lowest BCUT2D eigenvalue weighted by atomic mass is 10.0. The van der Waals surface area contributed by atoms with Crippen molar-refractivity contribution in [1.82, 2.24) is 4.90 Å². The van der Waals surface area contributed by atoms with Gasteiger partial charge in [0.15, 0.2) is 0 Å². The van der Waals surface area contributed by atoms with E-state index >= 15 is 0 Å². The van der Waals surface area contributed by atoms with Crippen LogP contribution in [0.25, 0.3) is 0 Å². The summed E-state index contributed by atoms with van der Waals surface area (Å²) in [4.78, 5) is 2.55. The van der Waals surface area contributed by atoms with Crippen LogP contribution in [-0.2, 0) is 13.1 Å². The number of nitrogens with two attached hydrogens (primary N) is 1. The number of nitrogens with zero attached hydrogens (tertiary/aromatic N) is 1. The van der Waals surface area contributed by atoms with Gasteiger partial charge in [0.1, 0.15) is 0 Å². The highest BCUT2D eigenvalue weighted by molar-refractivity contribution is 5.46. The van der Waals surface area contributed by atoms with Gasteiger partial charge in [-0.05, 0) is 42.1 Å². The van der Waals surface area contributed by atoms with Gasteiger partial charge in [-0.25, -0.2) is 0 Å². The number of nitrogen functional groups attached to an aromatic ring is 1. The van der Waals surface area contributed by atoms with Crippen LogP contribution in [0.2, 0.25) is 0 Å². The molecule has 0 unspecified atom stereocenters. The van der Waals surface area contributed by atoms with Gasteiger partial charge in [0.05, 0.1) is 0 Å². The second-order valence-electron chi connectivity index (χ2n) is 6.34. The Kier molecular flexibility index (Phi) is 5.26. The molecule has 1 aromatic carbocycles. The molecule has 0 aliphatic carbocycles. The summed E-state index contributed by atoms with van der Waals surface area (Å²) in [5, 5.41) is 0. The first-order valence-electron chi connectivity index (χ1n) is 7.75. The number of hydrogen-bond donors (Lipinski definition) is 1. The van der Waals surface area contributed by atoms with Crippen LogP contribution in [0.5, 0.6) is 0 Å². The molecule has 1 aromatic rings. The molecular weight excluding hydrogens is 232 g/mol. The molecule has 0 fully saturated rings. The maximum absolute atomic E-state index is 5.84. The molecule has 0 radical (unpaired) electrons. The Balaban J connectivity index is 1.62. The van der Waals surface area contributed by atoms with Crippen LogP contribution < -0.4 is 5.73 Å². The van der Waals surface area contributed by atoms with Crippen LogP contribution >= 0.6 is 0 Å². The summed E-state index contributed by atoms with van der Waals surface area (Å²) in [6.07, 6.45) is 6.89. The van der Waals surface area contributed by atoms with Gasteiger partial charge < -0.3 is 5.73 Å². The molecule has 0 atom stereocenters. The third kappa shape index (κ3) is 4.54. The zero-order valence-electron chi connectivity index (χ0n) is 12.5. The van der Waals surface area contributed by atoms with Gasteiger partial charge in [-0.15, -0.1) is 0 Å². The average Bonchev–Trinajstić information content (AvgIpc) is 2.75. The molecule has 2 N–H and O–H groups in total. The quantitative estimate of drug-likeness (QED) is 0.588. The molecule has 2 heteroatoms. The smallest absolute Gasteiger partial charge is 0.0317 e. The SMILES string of the molecule is CC(C)CCCCCCN1Cc2ccc(N)cc2C1. The fraction of sp³-hybridized carbons (Fsp3) is 0.647. The number of unbranched alkanes of at least 4 members (excludes halogenated alkanes) is 3. The zero-order chi connectivity index (χ0) is 13.7. The van der Waals surface area contributed by atoms with Crippen LogP contribution in [-0.4, -0.2) is 11.4 Å². The Morgan fingerprint density at radius 1 is 1.05 bits per heavy atom. The monoisotopic (exact) mass is 260 g/mol. The van der Waals surface area contributed by atoms with E-state index < -0.39 is 0 Å². The summed E-state index contributed by atoms with van der Waals surface area (Å²) in [6, 6.07) is 6.35. The van der Waals surface area contributed by atoms with Crippen molar-refractivity contribution in [3.63, 3.8) is 0 Å². The minimum atomic E-state index is 0.860. The van der Waals surface area contributed by atoms with Gasteiger partial charge in [0.25, 0.3) is 0 Å². The highest BCUT2D eigenvalue weighted by Gasteiger charge is 2.17. The zero-order valence-corrected chi connectivity index (χ0v) is 12.5. The first-order chi connectivity index (χ1) is 9.15. The van der Waals surface area contributed by atoms with Crippen molar-refractivity contribution in [3.05, 3.63) is 29.3 Å². The summed E-state index contributed by atoms with van der Waals surface area (Å²) < 4.78 is 0. The fourth-order valence-electron chi connectivity index (χ4n) is 2.88. The van der Waals surface area contributed by atoms with Gasteiger partial charge >= 0.3 is 0 Å². The molecule has 2 rings (SSSR count). The topological polar surface area (TPSA) is 29.3 Å². The minimum absolute atomic E-state index is 0.860. The summed E-state index contributed by atoms with van der Waals surface area (Å²) in [7, 11) is 0. The predicted molar refractivity (Wildman–Crippen MR) is 82.9 cm³/mol. The molecule has 0 saturated carbocycles. The largest absolute Gasteiger partial charge is 0.399 e. The van der Waals surface area contributed by atoms with Crippen molar-refractivity contribution in [2.24, 2.45) is 5.92 Å². The molecule has 0 amide bonds.